The zero-order chi connectivity index (χ0) is 29.5. The highest BCUT2D eigenvalue weighted by Crippen LogP contribution is 2.34. The van der Waals surface area contributed by atoms with Gasteiger partial charge >= 0.3 is 0 Å². The molecule has 0 saturated carbocycles. The van der Waals surface area contributed by atoms with Gasteiger partial charge in [-0.3, -0.25) is 0 Å². The molecule has 0 aliphatic heterocycles. The van der Waals surface area contributed by atoms with Crippen LogP contribution >= 0.6 is 15.9 Å². The molecule has 5 heteroatoms. The van der Waals surface area contributed by atoms with E-state index in [2.05, 4.69) is 153 Å². The Morgan fingerprint density at radius 3 is 1.98 bits per heavy atom. The number of aliphatic hydroxyl groups is 1. The van der Waals surface area contributed by atoms with Gasteiger partial charge in [0.25, 0.3) is 0 Å². The maximum absolute atomic E-state index is 11.5. The van der Waals surface area contributed by atoms with Crippen molar-refractivity contribution in [3.05, 3.63) is 105 Å². The molecule has 3 N–H and O–H groups in total. The van der Waals surface area contributed by atoms with E-state index in [1.165, 1.54) is 11.1 Å². The van der Waals surface area contributed by atoms with Crippen molar-refractivity contribution in [3.63, 3.8) is 0 Å². The fourth-order valence-corrected chi connectivity index (χ4v) is 5.61. The van der Waals surface area contributed by atoms with Crippen molar-refractivity contribution in [2.24, 2.45) is 0 Å². The maximum Gasteiger partial charge on any atom is 0.129 e. The van der Waals surface area contributed by atoms with Gasteiger partial charge in [-0.25, -0.2) is 0 Å². The van der Waals surface area contributed by atoms with E-state index >= 15 is 0 Å². The van der Waals surface area contributed by atoms with E-state index in [1.807, 2.05) is 6.07 Å². The summed E-state index contributed by atoms with van der Waals surface area (Å²) in [5.41, 5.74) is 13.1. The predicted molar refractivity (Wildman–Crippen MR) is 176 cm³/mol. The van der Waals surface area contributed by atoms with E-state index in [0.717, 1.165) is 43.9 Å². The van der Waals surface area contributed by atoms with Crippen LogP contribution in [0.5, 0.6) is 0 Å². The molecule has 0 aliphatic rings. The van der Waals surface area contributed by atoms with E-state index in [4.69, 9.17) is 0 Å². The molecule has 2 heterocycles. The summed E-state index contributed by atoms with van der Waals surface area (Å²) < 4.78 is 0.945. The van der Waals surface area contributed by atoms with Crippen molar-refractivity contribution >= 4 is 24.0 Å². The highest BCUT2D eigenvalue weighted by Gasteiger charge is 2.23. The highest BCUT2D eigenvalue weighted by atomic mass is 79.9. The Morgan fingerprint density at radius 1 is 0.825 bits per heavy atom. The number of hydrogen-bond donors (Lipinski definition) is 3. The zero-order valence-corrected chi connectivity index (χ0v) is 28.0. The Hall–Kier alpha value is -2.78. The molecule has 0 aliphatic carbocycles. The molecule has 4 rings (SSSR count). The Balaban J connectivity index is 1.59. The van der Waals surface area contributed by atoms with E-state index in [9.17, 15) is 5.11 Å². The van der Waals surface area contributed by atoms with Gasteiger partial charge in [-0.15, -0.1) is 5.54 Å². The van der Waals surface area contributed by atoms with Crippen molar-refractivity contribution in [1.29, 1.82) is 0 Å². The minimum atomic E-state index is -1.41. The number of aromatic amines is 2. The zero-order valence-electron chi connectivity index (χ0n) is 25.4. The van der Waals surface area contributed by atoms with Crippen molar-refractivity contribution in [1.82, 2.24) is 9.97 Å². The molecule has 210 valence electrons. The van der Waals surface area contributed by atoms with Gasteiger partial charge in [0.2, 0.25) is 0 Å². The first kappa shape index (κ1) is 30.2. The lowest BCUT2D eigenvalue weighted by molar-refractivity contribution is 0.215. The molecule has 0 fully saturated rings. The summed E-state index contributed by atoms with van der Waals surface area (Å²) in [4.78, 5) is 6.99. The number of aliphatic hydroxyl groups excluding tert-OH is 1. The molecular weight excluding hydrogens is 572 g/mol. The van der Waals surface area contributed by atoms with E-state index in [1.54, 1.807) is 0 Å². The third-order valence-electron chi connectivity index (χ3n) is 7.08. The molecule has 2 aromatic carbocycles. The standard InChI is InChI=1S/C35H43BrN2OSi/c1-34(2,3)26-18-25(19-27(20-26)35(4,5)6)33(39)30-15-14-28(37-30)21-31-29(22-32(36)38-31)24-12-10-23(11-13-24)16-17-40(7,8)9/h10-15,18-20,22,33,37-39H,21H2,1-9H3. The summed E-state index contributed by atoms with van der Waals surface area (Å²) >= 11 is 3.64. The maximum atomic E-state index is 11.5. The van der Waals surface area contributed by atoms with Gasteiger partial charge in [0, 0.05) is 34.6 Å². The number of aromatic nitrogens is 2. The predicted octanol–water partition coefficient (Wildman–Crippen LogP) is 9.27. The Kier molecular flexibility index (Phi) is 8.48. The molecule has 4 aromatic rings. The van der Waals surface area contributed by atoms with Gasteiger partial charge < -0.3 is 15.1 Å². The fourth-order valence-electron chi connectivity index (χ4n) is 4.62. The number of halogens is 1. The second-order valence-electron chi connectivity index (χ2n) is 13.9. The normalized spacial score (nSPS) is 13.2. The first-order valence-corrected chi connectivity index (χ1v) is 18.3. The Labute approximate surface area is 250 Å². The summed E-state index contributed by atoms with van der Waals surface area (Å²) in [5, 5.41) is 11.5. The van der Waals surface area contributed by atoms with Gasteiger partial charge in [-0.05, 0) is 79.3 Å². The van der Waals surface area contributed by atoms with Crippen LogP contribution in [0.1, 0.15) is 87.0 Å². The van der Waals surface area contributed by atoms with Crippen LogP contribution in [-0.2, 0) is 17.3 Å². The minimum Gasteiger partial charge on any atom is -0.382 e. The van der Waals surface area contributed by atoms with E-state index in [0.29, 0.717) is 6.42 Å². The van der Waals surface area contributed by atoms with Crippen LogP contribution in [0.4, 0.5) is 0 Å². The number of rotatable bonds is 5. The summed E-state index contributed by atoms with van der Waals surface area (Å²) in [6.07, 6.45) is -0.0306. The molecule has 0 radical (unpaired) electrons. The second kappa shape index (κ2) is 11.2. The summed E-state index contributed by atoms with van der Waals surface area (Å²) in [5.74, 6) is 3.34. The smallest absolute Gasteiger partial charge is 0.129 e. The fraction of sp³-hybridized carbons (Fsp3) is 0.371. The highest BCUT2D eigenvalue weighted by molar-refractivity contribution is 9.10. The lowest BCUT2D eigenvalue weighted by Gasteiger charge is -2.27. The Bertz CT molecular complexity index is 1510. The first-order chi connectivity index (χ1) is 18.5. The Morgan fingerprint density at radius 2 is 1.43 bits per heavy atom. The minimum absolute atomic E-state index is 0.00682. The SMILES string of the molecule is CC(C)(C)c1cc(C(O)c2ccc(Cc3[nH]c(Br)cc3-c3ccc(C#C[Si](C)(C)C)cc3)[nH]2)cc(C(C)(C)C)c1. The molecule has 0 saturated heterocycles. The number of hydrogen-bond acceptors (Lipinski definition) is 1. The van der Waals surface area contributed by atoms with Crippen LogP contribution in [0.15, 0.2) is 65.3 Å². The molecule has 0 amide bonds. The van der Waals surface area contributed by atoms with Crippen molar-refractivity contribution in [2.75, 3.05) is 0 Å². The van der Waals surface area contributed by atoms with Gasteiger partial charge in [-0.1, -0.05) is 97.4 Å². The first-order valence-electron chi connectivity index (χ1n) is 14.0. The summed E-state index contributed by atoms with van der Waals surface area (Å²) in [6, 6.07) is 21.3. The topological polar surface area (TPSA) is 51.8 Å². The monoisotopic (exact) mass is 614 g/mol. The van der Waals surface area contributed by atoms with Gasteiger partial charge in [0.15, 0.2) is 0 Å². The lowest BCUT2D eigenvalue weighted by Crippen LogP contribution is -2.18. The molecular formula is C35H43BrN2OSi. The van der Waals surface area contributed by atoms with Crippen molar-refractivity contribution in [3.8, 4) is 22.6 Å². The molecule has 0 bridgehead atoms. The van der Waals surface area contributed by atoms with Crippen LogP contribution < -0.4 is 0 Å². The average molecular weight is 616 g/mol. The van der Waals surface area contributed by atoms with Crippen molar-refractivity contribution < 1.29 is 5.11 Å². The van der Waals surface area contributed by atoms with Crippen LogP contribution in [0, 0.1) is 11.5 Å². The lowest BCUT2D eigenvalue weighted by atomic mass is 9.79. The average Bonchev–Trinajstić information content (AvgIpc) is 3.47. The van der Waals surface area contributed by atoms with Crippen LogP contribution in [0.25, 0.3) is 11.1 Å². The van der Waals surface area contributed by atoms with Crippen molar-refractivity contribution in [2.45, 2.75) is 84.5 Å². The molecule has 3 nitrogen and oxygen atoms in total. The third-order valence-corrected chi connectivity index (χ3v) is 8.38. The number of nitrogens with one attached hydrogen (secondary N) is 2. The number of benzene rings is 2. The summed E-state index contributed by atoms with van der Waals surface area (Å²) in [6.45, 7) is 20.1. The largest absolute Gasteiger partial charge is 0.382 e. The number of H-pyrrole nitrogens is 2. The molecule has 40 heavy (non-hydrogen) atoms. The molecule has 1 unspecified atom stereocenters. The molecule has 2 aromatic heterocycles. The molecule has 0 spiro atoms. The van der Waals surface area contributed by atoms with E-state index in [-0.39, 0.29) is 10.8 Å². The third kappa shape index (κ3) is 7.49. The van der Waals surface area contributed by atoms with Crippen LogP contribution in [0.2, 0.25) is 19.6 Å². The van der Waals surface area contributed by atoms with Gasteiger partial charge in [0.05, 0.1) is 4.60 Å². The van der Waals surface area contributed by atoms with E-state index < -0.39 is 14.2 Å². The quantitative estimate of drug-likeness (QED) is 0.152. The molecule has 1 atom stereocenters. The van der Waals surface area contributed by atoms with Gasteiger partial charge in [0.1, 0.15) is 14.2 Å². The van der Waals surface area contributed by atoms with Crippen LogP contribution in [0.3, 0.4) is 0 Å². The van der Waals surface area contributed by atoms with Crippen LogP contribution in [-0.4, -0.2) is 23.1 Å². The van der Waals surface area contributed by atoms with Gasteiger partial charge in [-0.2, -0.15) is 0 Å². The summed E-state index contributed by atoms with van der Waals surface area (Å²) in [7, 11) is -1.41. The second-order valence-corrected chi connectivity index (χ2v) is 19.6.